The number of aryl methyl sites for hydroxylation is 1. The fourth-order valence-electron chi connectivity index (χ4n) is 1.44. The highest BCUT2D eigenvalue weighted by Crippen LogP contribution is 2.19. The first kappa shape index (κ1) is 14.3. The number of amides is 3. The summed E-state index contributed by atoms with van der Waals surface area (Å²) in [5.74, 6) is -0.501. The summed E-state index contributed by atoms with van der Waals surface area (Å²) < 4.78 is 0. The Bertz CT molecular complexity index is 658. The number of urea groups is 1. The first-order chi connectivity index (χ1) is 9.47. The lowest BCUT2D eigenvalue weighted by Crippen LogP contribution is -2.49. The van der Waals surface area contributed by atoms with Crippen molar-refractivity contribution >= 4 is 40.0 Å². The third-order valence-corrected chi connectivity index (χ3v) is 3.50. The molecule has 6 nitrogen and oxygen atoms in total. The molecule has 20 heavy (non-hydrogen) atoms. The summed E-state index contributed by atoms with van der Waals surface area (Å²) in [7, 11) is 0. The van der Waals surface area contributed by atoms with E-state index in [2.05, 4.69) is 10.4 Å². The molecule has 0 bridgehead atoms. The maximum absolute atomic E-state index is 12.0. The Morgan fingerprint density at radius 1 is 1.45 bits per heavy atom. The summed E-state index contributed by atoms with van der Waals surface area (Å²) in [5, 5.41) is 3.37. The van der Waals surface area contributed by atoms with E-state index in [4.69, 9.17) is 17.3 Å². The van der Waals surface area contributed by atoms with Crippen molar-refractivity contribution in [3.8, 4) is 0 Å². The number of thiazole rings is 1. The highest BCUT2D eigenvalue weighted by molar-refractivity contribution is 7.14. The summed E-state index contributed by atoms with van der Waals surface area (Å²) in [4.78, 5) is 27.6. The van der Waals surface area contributed by atoms with Crippen molar-refractivity contribution in [1.82, 2.24) is 10.4 Å². The molecule has 0 saturated carbocycles. The SMILES string of the molecule is Cc1csc(N(NC(=O)c2cccc(Cl)c2)C(N)=O)n1. The van der Waals surface area contributed by atoms with E-state index in [0.717, 1.165) is 10.7 Å². The zero-order chi connectivity index (χ0) is 14.7. The smallest absolute Gasteiger partial charge is 0.340 e. The number of nitrogens with two attached hydrogens (primary N) is 1. The molecule has 0 radical (unpaired) electrons. The summed E-state index contributed by atoms with van der Waals surface area (Å²) in [6.45, 7) is 1.78. The van der Waals surface area contributed by atoms with Crippen molar-refractivity contribution in [2.45, 2.75) is 6.92 Å². The van der Waals surface area contributed by atoms with Crippen molar-refractivity contribution < 1.29 is 9.59 Å². The Kier molecular flexibility index (Phi) is 4.21. The molecule has 104 valence electrons. The van der Waals surface area contributed by atoms with Crippen LogP contribution in [-0.4, -0.2) is 16.9 Å². The number of hydrazine groups is 1. The molecule has 1 heterocycles. The summed E-state index contributed by atoms with van der Waals surface area (Å²) in [6, 6.07) is 5.53. The summed E-state index contributed by atoms with van der Waals surface area (Å²) in [6.07, 6.45) is 0. The monoisotopic (exact) mass is 310 g/mol. The van der Waals surface area contributed by atoms with Gasteiger partial charge < -0.3 is 5.73 Å². The molecule has 8 heteroatoms. The molecule has 0 spiro atoms. The van der Waals surface area contributed by atoms with Gasteiger partial charge in [-0.25, -0.2) is 9.78 Å². The number of anilines is 1. The van der Waals surface area contributed by atoms with Crippen LogP contribution in [0.5, 0.6) is 0 Å². The standard InChI is InChI=1S/C12H11ClN4O2S/c1-7-6-20-12(15-7)17(11(14)19)16-10(18)8-3-2-4-9(13)5-8/h2-6H,1H3,(H2,14,19)(H,16,18). The molecule has 0 aliphatic rings. The molecule has 0 atom stereocenters. The molecule has 3 amide bonds. The second-order valence-electron chi connectivity index (χ2n) is 3.90. The van der Waals surface area contributed by atoms with Gasteiger partial charge in [0.15, 0.2) is 0 Å². The molecule has 0 aliphatic carbocycles. The number of halogens is 1. The van der Waals surface area contributed by atoms with Gasteiger partial charge in [0.25, 0.3) is 5.91 Å². The van der Waals surface area contributed by atoms with Gasteiger partial charge in [-0.15, -0.1) is 11.3 Å². The average molecular weight is 311 g/mol. The Labute approximate surface area is 124 Å². The second kappa shape index (κ2) is 5.89. The lowest BCUT2D eigenvalue weighted by Gasteiger charge is -2.18. The molecule has 2 rings (SSSR count). The Hall–Kier alpha value is -2.12. The molecule has 1 aromatic heterocycles. The van der Waals surface area contributed by atoms with E-state index in [9.17, 15) is 9.59 Å². The van der Waals surface area contributed by atoms with E-state index >= 15 is 0 Å². The zero-order valence-corrected chi connectivity index (χ0v) is 12.0. The number of aromatic nitrogens is 1. The lowest BCUT2D eigenvalue weighted by molar-refractivity contribution is 0.0951. The van der Waals surface area contributed by atoms with Crippen molar-refractivity contribution in [1.29, 1.82) is 0 Å². The van der Waals surface area contributed by atoms with Crippen LogP contribution in [0.2, 0.25) is 5.02 Å². The molecule has 3 N–H and O–H groups in total. The Morgan fingerprint density at radius 2 is 2.20 bits per heavy atom. The van der Waals surface area contributed by atoms with Gasteiger partial charge in [-0.2, -0.15) is 5.01 Å². The average Bonchev–Trinajstić information content (AvgIpc) is 2.81. The summed E-state index contributed by atoms with van der Waals surface area (Å²) >= 11 is 7.01. The van der Waals surface area contributed by atoms with Crippen molar-refractivity contribution in [2.24, 2.45) is 5.73 Å². The number of hydrogen-bond donors (Lipinski definition) is 2. The number of hydrogen-bond acceptors (Lipinski definition) is 4. The number of nitrogens with zero attached hydrogens (tertiary/aromatic N) is 2. The molecular formula is C12H11ClN4O2S. The molecule has 0 fully saturated rings. The van der Waals surface area contributed by atoms with E-state index in [1.165, 1.54) is 17.4 Å². The number of nitrogens with one attached hydrogen (secondary N) is 1. The molecular weight excluding hydrogens is 300 g/mol. The van der Waals surface area contributed by atoms with E-state index in [-0.39, 0.29) is 0 Å². The molecule has 0 unspecified atom stereocenters. The molecule has 1 aromatic carbocycles. The van der Waals surface area contributed by atoms with E-state index in [1.807, 2.05) is 0 Å². The van der Waals surface area contributed by atoms with Crippen LogP contribution < -0.4 is 16.2 Å². The quantitative estimate of drug-likeness (QED) is 0.834. The van der Waals surface area contributed by atoms with Crippen LogP contribution in [0.1, 0.15) is 16.1 Å². The van der Waals surface area contributed by atoms with E-state index in [0.29, 0.717) is 15.7 Å². The van der Waals surface area contributed by atoms with Crippen LogP contribution in [0.3, 0.4) is 0 Å². The van der Waals surface area contributed by atoms with Gasteiger partial charge in [-0.1, -0.05) is 17.7 Å². The maximum Gasteiger partial charge on any atom is 0.340 e. The predicted molar refractivity (Wildman–Crippen MR) is 77.8 cm³/mol. The van der Waals surface area contributed by atoms with Crippen LogP contribution in [0.15, 0.2) is 29.6 Å². The van der Waals surface area contributed by atoms with Gasteiger partial charge in [0, 0.05) is 16.0 Å². The van der Waals surface area contributed by atoms with Crippen molar-refractivity contribution in [3.05, 3.63) is 45.9 Å². The lowest BCUT2D eigenvalue weighted by atomic mass is 10.2. The van der Waals surface area contributed by atoms with Crippen molar-refractivity contribution in [2.75, 3.05) is 5.01 Å². The van der Waals surface area contributed by atoms with Crippen LogP contribution in [-0.2, 0) is 0 Å². The normalized spacial score (nSPS) is 10.1. The van der Waals surface area contributed by atoms with Gasteiger partial charge >= 0.3 is 6.03 Å². The number of rotatable bonds is 2. The topological polar surface area (TPSA) is 88.3 Å². The first-order valence-corrected chi connectivity index (χ1v) is 6.81. The minimum Gasteiger partial charge on any atom is -0.350 e. The van der Waals surface area contributed by atoms with Gasteiger partial charge in [-0.05, 0) is 25.1 Å². The predicted octanol–water partition coefficient (Wildman–Crippen LogP) is 2.34. The van der Waals surface area contributed by atoms with Crippen LogP contribution in [0.25, 0.3) is 0 Å². The third kappa shape index (κ3) is 3.25. The second-order valence-corrected chi connectivity index (χ2v) is 5.17. The fraction of sp³-hybridized carbons (Fsp3) is 0.0833. The van der Waals surface area contributed by atoms with Crippen LogP contribution >= 0.6 is 22.9 Å². The van der Waals surface area contributed by atoms with Crippen molar-refractivity contribution in [3.63, 3.8) is 0 Å². The molecule has 0 saturated heterocycles. The van der Waals surface area contributed by atoms with Crippen LogP contribution in [0, 0.1) is 6.92 Å². The maximum atomic E-state index is 12.0. The van der Waals surface area contributed by atoms with Gasteiger partial charge in [0.1, 0.15) is 0 Å². The summed E-state index contributed by atoms with van der Waals surface area (Å²) in [5.41, 5.74) is 8.69. The zero-order valence-electron chi connectivity index (χ0n) is 10.5. The minimum atomic E-state index is -0.824. The molecule has 0 aliphatic heterocycles. The van der Waals surface area contributed by atoms with Crippen LogP contribution in [0.4, 0.5) is 9.93 Å². The van der Waals surface area contributed by atoms with E-state index < -0.39 is 11.9 Å². The van der Waals surface area contributed by atoms with E-state index in [1.54, 1.807) is 30.5 Å². The van der Waals surface area contributed by atoms with Gasteiger partial charge in [-0.3, -0.25) is 10.2 Å². The highest BCUT2D eigenvalue weighted by Gasteiger charge is 2.19. The highest BCUT2D eigenvalue weighted by atomic mass is 35.5. The number of primary amides is 1. The minimum absolute atomic E-state index is 0.297. The number of benzene rings is 1. The number of carbonyl (C=O) groups is 2. The number of carbonyl (C=O) groups excluding carboxylic acids is 2. The fourth-order valence-corrected chi connectivity index (χ4v) is 2.39. The largest absolute Gasteiger partial charge is 0.350 e. The first-order valence-electron chi connectivity index (χ1n) is 5.55. The molecule has 2 aromatic rings. The Balaban J connectivity index is 2.21. The van der Waals surface area contributed by atoms with Gasteiger partial charge in [0.05, 0.1) is 5.69 Å². The third-order valence-electron chi connectivity index (χ3n) is 2.32. The van der Waals surface area contributed by atoms with Gasteiger partial charge in [0.2, 0.25) is 5.13 Å². The Morgan fingerprint density at radius 3 is 2.75 bits per heavy atom.